The zero-order valence-corrected chi connectivity index (χ0v) is 7.06. The summed E-state index contributed by atoms with van der Waals surface area (Å²) in [5.74, 6) is 0.920. The van der Waals surface area contributed by atoms with Crippen molar-refractivity contribution >= 4 is 0 Å². The van der Waals surface area contributed by atoms with Crippen LogP contribution in [0.5, 0.6) is 0 Å². The van der Waals surface area contributed by atoms with Crippen molar-refractivity contribution in [2.24, 2.45) is 0 Å². The minimum absolute atomic E-state index is 0.692. The Bertz CT molecular complexity index is 292. The summed E-state index contributed by atoms with van der Waals surface area (Å²) in [5.41, 5.74) is 0.895. The van der Waals surface area contributed by atoms with Crippen molar-refractivity contribution in [1.29, 1.82) is 0 Å². The number of furan rings is 1. The van der Waals surface area contributed by atoms with Crippen LogP contribution in [-0.2, 0) is 13.1 Å². The van der Waals surface area contributed by atoms with Gasteiger partial charge in [-0.3, -0.25) is 0 Å². The summed E-state index contributed by atoms with van der Waals surface area (Å²) in [4.78, 5) is 0. The van der Waals surface area contributed by atoms with Crippen LogP contribution in [0.3, 0.4) is 0 Å². The molecule has 0 aliphatic rings. The second-order valence-electron chi connectivity index (χ2n) is 2.67. The lowest BCUT2D eigenvalue weighted by Crippen LogP contribution is -2.12. The van der Waals surface area contributed by atoms with Gasteiger partial charge in [0, 0.05) is 12.6 Å². The molecule has 0 aliphatic carbocycles. The van der Waals surface area contributed by atoms with E-state index in [2.05, 4.69) is 15.0 Å². The van der Waals surface area contributed by atoms with Crippen LogP contribution >= 0.6 is 0 Å². The van der Waals surface area contributed by atoms with Crippen LogP contribution in [-0.4, -0.2) is 5.16 Å². The highest BCUT2D eigenvalue weighted by Crippen LogP contribution is 1.99. The van der Waals surface area contributed by atoms with E-state index < -0.39 is 0 Å². The van der Waals surface area contributed by atoms with E-state index in [9.17, 15) is 0 Å². The first kappa shape index (κ1) is 8.07. The molecule has 0 saturated carbocycles. The third-order valence-electron chi connectivity index (χ3n) is 1.68. The van der Waals surface area contributed by atoms with Crippen molar-refractivity contribution in [3.05, 3.63) is 42.2 Å². The van der Waals surface area contributed by atoms with Gasteiger partial charge in [0.1, 0.15) is 12.0 Å². The molecule has 0 spiro atoms. The quantitative estimate of drug-likeness (QED) is 0.771. The number of hydrogen-bond donors (Lipinski definition) is 1. The zero-order chi connectivity index (χ0) is 8.93. The third kappa shape index (κ3) is 2.19. The van der Waals surface area contributed by atoms with Crippen molar-refractivity contribution in [3.8, 4) is 0 Å². The van der Waals surface area contributed by atoms with Crippen molar-refractivity contribution < 1.29 is 8.94 Å². The first-order chi connectivity index (χ1) is 6.45. The van der Waals surface area contributed by atoms with Gasteiger partial charge in [-0.1, -0.05) is 5.16 Å². The van der Waals surface area contributed by atoms with E-state index in [-0.39, 0.29) is 0 Å². The van der Waals surface area contributed by atoms with Crippen LogP contribution in [0.25, 0.3) is 0 Å². The Balaban J connectivity index is 1.76. The smallest absolute Gasteiger partial charge is 0.124 e. The zero-order valence-electron chi connectivity index (χ0n) is 7.06. The average molecular weight is 178 g/mol. The molecule has 2 heterocycles. The fourth-order valence-electron chi connectivity index (χ4n) is 1.06. The van der Waals surface area contributed by atoms with E-state index in [0.717, 1.165) is 11.5 Å². The number of rotatable bonds is 4. The lowest BCUT2D eigenvalue weighted by molar-refractivity contribution is 0.406. The van der Waals surface area contributed by atoms with Crippen molar-refractivity contribution in [2.75, 3.05) is 0 Å². The molecule has 2 aromatic heterocycles. The minimum atomic E-state index is 0.692. The molecule has 13 heavy (non-hydrogen) atoms. The normalized spacial score (nSPS) is 10.5. The monoisotopic (exact) mass is 178 g/mol. The van der Waals surface area contributed by atoms with Gasteiger partial charge in [0.2, 0.25) is 0 Å². The molecule has 0 amide bonds. The van der Waals surface area contributed by atoms with E-state index in [4.69, 9.17) is 4.42 Å². The van der Waals surface area contributed by atoms with E-state index in [1.54, 1.807) is 12.5 Å². The lowest BCUT2D eigenvalue weighted by atomic mass is 10.4. The number of aromatic nitrogens is 1. The Morgan fingerprint density at radius 3 is 2.92 bits per heavy atom. The molecular formula is C9H10N2O2. The van der Waals surface area contributed by atoms with E-state index in [1.165, 1.54) is 0 Å². The molecule has 0 aliphatic heterocycles. The molecule has 68 valence electrons. The van der Waals surface area contributed by atoms with Gasteiger partial charge in [0.25, 0.3) is 0 Å². The van der Waals surface area contributed by atoms with Crippen molar-refractivity contribution in [1.82, 2.24) is 10.5 Å². The molecule has 0 saturated heterocycles. The highest BCUT2D eigenvalue weighted by atomic mass is 16.5. The summed E-state index contributed by atoms with van der Waals surface area (Å²) >= 11 is 0. The van der Waals surface area contributed by atoms with Crippen LogP contribution in [0.1, 0.15) is 11.5 Å². The van der Waals surface area contributed by atoms with Crippen LogP contribution in [0.2, 0.25) is 0 Å². The highest BCUT2D eigenvalue weighted by molar-refractivity contribution is 4.99. The van der Waals surface area contributed by atoms with Gasteiger partial charge in [-0.05, 0) is 12.1 Å². The topological polar surface area (TPSA) is 51.2 Å². The number of nitrogens with zero attached hydrogens (tertiary/aromatic N) is 1. The van der Waals surface area contributed by atoms with Crippen molar-refractivity contribution in [2.45, 2.75) is 13.1 Å². The van der Waals surface area contributed by atoms with Gasteiger partial charge in [-0.15, -0.1) is 0 Å². The van der Waals surface area contributed by atoms with Gasteiger partial charge in [0.15, 0.2) is 0 Å². The molecule has 0 unspecified atom stereocenters. The summed E-state index contributed by atoms with van der Waals surface area (Å²) in [5, 5.41) is 6.94. The summed E-state index contributed by atoms with van der Waals surface area (Å²) < 4.78 is 9.84. The average Bonchev–Trinajstić information content (AvgIpc) is 2.75. The lowest BCUT2D eigenvalue weighted by Gasteiger charge is -1.97. The Morgan fingerprint density at radius 2 is 2.23 bits per heavy atom. The minimum Gasteiger partial charge on any atom is -0.468 e. The van der Waals surface area contributed by atoms with Crippen LogP contribution in [0, 0.1) is 0 Å². The highest BCUT2D eigenvalue weighted by Gasteiger charge is 1.97. The molecule has 2 aromatic rings. The maximum Gasteiger partial charge on any atom is 0.124 e. The second-order valence-corrected chi connectivity index (χ2v) is 2.67. The van der Waals surface area contributed by atoms with Crippen LogP contribution < -0.4 is 5.32 Å². The SMILES string of the molecule is c1coc(CNCc2ccon2)c1. The van der Waals surface area contributed by atoms with E-state index in [0.29, 0.717) is 13.1 Å². The molecule has 0 bridgehead atoms. The predicted molar refractivity (Wildman–Crippen MR) is 45.8 cm³/mol. The van der Waals surface area contributed by atoms with Gasteiger partial charge in [0.05, 0.1) is 18.5 Å². The second kappa shape index (κ2) is 3.91. The molecule has 4 nitrogen and oxygen atoms in total. The summed E-state index contributed by atoms with van der Waals surface area (Å²) in [7, 11) is 0. The van der Waals surface area contributed by atoms with Gasteiger partial charge in [-0.2, -0.15) is 0 Å². The molecular weight excluding hydrogens is 168 g/mol. The Hall–Kier alpha value is -1.55. The fraction of sp³-hybridized carbons (Fsp3) is 0.222. The molecule has 0 aromatic carbocycles. The van der Waals surface area contributed by atoms with Crippen LogP contribution in [0.4, 0.5) is 0 Å². The maximum atomic E-state index is 5.15. The molecule has 0 fully saturated rings. The molecule has 0 radical (unpaired) electrons. The summed E-state index contributed by atoms with van der Waals surface area (Å²) in [6.07, 6.45) is 3.22. The van der Waals surface area contributed by atoms with E-state index >= 15 is 0 Å². The first-order valence-corrected chi connectivity index (χ1v) is 4.07. The molecule has 0 atom stereocenters. The van der Waals surface area contributed by atoms with E-state index in [1.807, 2.05) is 18.2 Å². The van der Waals surface area contributed by atoms with Crippen LogP contribution in [0.15, 0.2) is 39.7 Å². The Labute approximate surface area is 75.5 Å². The molecule has 1 N–H and O–H groups in total. The predicted octanol–water partition coefficient (Wildman–Crippen LogP) is 1.56. The van der Waals surface area contributed by atoms with Gasteiger partial charge in [-0.25, -0.2) is 0 Å². The Kier molecular flexibility index (Phi) is 2.43. The third-order valence-corrected chi connectivity index (χ3v) is 1.68. The van der Waals surface area contributed by atoms with Crippen molar-refractivity contribution in [3.63, 3.8) is 0 Å². The van der Waals surface area contributed by atoms with Gasteiger partial charge >= 0.3 is 0 Å². The maximum absolute atomic E-state index is 5.15. The molecule has 2 rings (SSSR count). The molecule has 4 heteroatoms. The van der Waals surface area contributed by atoms with Gasteiger partial charge < -0.3 is 14.3 Å². The largest absolute Gasteiger partial charge is 0.468 e. The standard InChI is InChI=1S/C9H10N2O2/c1-2-9(12-4-1)7-10-6-8-3-5-13-11-8/h1-5,10H,6-7H2. The summed E-state index contributed by atoms with van der Waals surface area (Å²) in [6, 6.07) is 5.62. The summed E-state index contributed by atoms with van der Waals surface area (Å²) in [6.45, 7) is 1.40. The first-order valence-electron chi connectivity index (χ1n) is 4.07. The Morgan fingerprint density at radius 1 is 1.23 bits per heavy atom. The number of hydrogen-bond acceptors (Lipinski definition) is 4. The fourth-order valence-corrected chi connectivity index (χ4v) is 1.06. The number of nitrogens with one attached hydrogen (secondary N) is 1.